The summed E-state index contributed by atoms with van der Waals surface area (Å²) in [6.07, 6.45) is 1.82. The third-order valence-electron chi connectivity index (χ3n) is 3.28. The van der Waals surface area contributed by atoms with Crippen LogP contribution in [-0.2, 0) is 10.0 Å². The van der Waals surface area contributed by atoms with Gasteiger partial charge in [-0.2, -0.15) is 0 Å². The minimum Gasteiger partial charge on any atom is -0.493 e. The molecule has 2 rings (SSSR count). The Hall–Kier alpha value is -1.31. The average Bonchev–Trinajstić information content (AvgIpc) is 2.47. The Balaban J connectivity index is 2.20. The van der Waals surface area contributed by atoms with E-state index in [0.29, 0.717) is 18.0 Å². The summed E-state index contributed by atoms with van der Waals surface area (Å²) in [6.45, 7) is 1.60. The Morgan fingerprint density at radius 2 is 2.00 bits per heavy atom. The summed E-state index contributed by atoms with van der Waals surface area (Å²) in [6, 6.07) is 4.51. The number of ether oxygens (including phenoxy) is 2. The molecular weight excluding hydrogens is 280 g/mol. The Morgan fingerprint density at radius 3 is 2.60 bits per heavy atom. The van der Waals surface area contributed by atoms with Crippen molar-refractivity contribution in [3.05, 3.63) is 18.2 Å². The van der Waals surface area contributed by atoms with Crippen molar-refractivity contribution in [3.63, 3.8) is 0 Å². The molecular formula is C13H20N2O4S. The van der Waals surface area contributed by atoms with Crippen molar-refractivity contribution < 1.29 is 17.9 Å². The zero-order valence-corrected chi connectivity index (χ0v) is 12.5. The molecule has 1 atom stereocenters. The number of piperidine rings is 1. The second-order valence-electron chi connectivity index (χ2n) is 4.68. The van der Waals surface area contributed by atoms with E-state index in [0.717, 1.165) is 19.4 Å². The Labute approximate surface area is 119 Å². The fourth-order valence-electron chi connectivity index (χ4n) is 2.22. The lowest BCUT2D eigenvalue weighted by Gasteiger charge is -2.23. The zero-order chi connectivity index (χ0) is 14.6. The molecule has 20 heavy (non-hydrogen) atoms. The quantitative estimate of drug-likeness (QED) is 0.838. The van der Waals surface area contributed by atoms with Crippen LogP contribution in [-0.4, -0.2) is 41.8 Å². The molecule has 0 radical (unpaired) electrons. The number of methoxy groups -OCH3 is 2. The molecule has 2 N–H and O–H groups in total. The highest BCUT2D eigenvalue weighted by molar-refractivity contribution is 7.89. The molecule has 1 heterocycles. The fraction of sp³-hybridized carbons (Fsp3) is 0.538. The van der Waals surface area contributed by atoms with Crippen molar-refractivity contribution in [2.24, 2.45) is 0 Å². The van der Waals surface area contributed by atoms with Crippen LogP contribution < -0.4 is 19.5 Å². The van der Waals surface area contributed by atoms with Gasteiger partial charge in [-0.05, 0) is 31.5 Å². The van der Waals surface area contributed by atoms with Gasteiger partial charge in [-0.25, -0.2) is 13.1 Å². The van der Waals surface area contributed by atoms with E-state index in [1.165, 1.54) is 26.4 Å². The number of benzene rings is 1. The Bertz CT molecular complexity index is 553. The van der Waals surface area contributed by atoms with Crippen LogP contribution in [0, 0.1) is 0 Å². The minimum absolute atomic E-state index is 0.0677. The van der Waals surface area contributed by atoms with Gasteiger partial charge >= 0.3 is 0 Å². The molecule has 1 aliphatic heterocycles. The molecule has 0 aromatic heterocycles. The average molecular weight is 300 g/mol. The molecule has 0 spiro atoms. The van der Waals surface area contributed by atoms with Crippen LogP contribution in [0.3, 0.4) is 0 Å². The Morgan fingerprint density at radius 1 is 1.25 bits per heavy atom. The standard InChI is InChI=1S/C13H20N2O4S/c1-18-12-6-5-11(8-13(12)19-2)20(16,17)15-10-4-3-7-14-9-10/h5-6,8,10,14-15H,3-4,7,9H2,1-2H3/t10-/m1/s1. The van der Waals surface area contributed by atoms with Crippen molar-refractivity contribution >= 4 is 10.0 Å². The number of hydrogen-bond acceptors (Lipinski definition) is 5. The van der Waals surface area contributed by atoms with Crippen LogP contribution in [0.5, 0.6) is 11.5 Å². The van der Waals surface area contributed by atoms with Crippen molar-refractivity contribution in [2.75, 3.05) is 27.3 Å². The highest BCUT2D eigenvalue weighted by Crippen LogP contribution is 2.29. The van der Waals surface area contributed by atoms with Gasteiger partial charge in [-0.15, -0.1) is 0 Å². The van der Waals surface area contributed by atoms with Gasteiger partial charge in [0.25, 0.3) is 0 Å². The summed E-state index contributed by atoms with van der Waals surface area (Å²) < 4.78 is 37.6. The van der Waals surface area contributed by atoms with Gasteiger partial charge in [0.1, 0.15) is 0 Å². The van der Waals surface area contributed by atoms with Gasteiger partial charge in [-0.3, -0.25) is 0 Å². The molecule has 1 saturated heterocycles. The van der Waals surface area contributed by atoms with Gasteiger partial charge < -0.3 is 14.8 Å². The first-order chi connectivity index (χ1) is 9.56. The predicted octanol–water partition coefficient (Wildman–Crippen LogP) is 0.734. The molecule has 1 aromatic rings. The van der Waals surface area contributed by atoms with Crippen LogP contribution in [0.15, 0.2) is 23.1 Å². The Kier molecular flexibility index (Phi) is 4.85. The maximum Gasteiger partial charge on any atom is 0.241 e. The lowest BCUT2D eigenvalue weighted by Crippen LogP contribution is -2.45. The van der Waals surface area contributed by atoms with Crippen LogP contribution in [0.4, 0.5) is 0 Å². The van der Waals surface area contributed by atoms with E-state index in [-0.39, 0.29) is 10.9 Å². The monoisotopic (exact) mass is 300 g/mol. The topological polar surface area (TPSA) is 76.7 Å². The molecule has 0 saturated carbocycles. The summed E-state index contributed by atoms with van der Waals surface area (Å²) in [5.41, 5.74) is 0. The predicted molar refractivity (Wildman–Crippen MR) is 75.8 cm³/mol. The molecule has 0 amide bonds. The highest BCUT2D eigenvalue weighted by Gasteiger charge is 2.22. The van der Waals surface area contributed by atoms with Crippen molar-refractivity contribution in [1.29, 1.82) is 0 Å². The number of rotatable bonds is 5. The number of nitrogens with one attached hydrogen (secondary N) is 2. The van der Waals surface area contributed by atoms with E-state index in [1.54, 1.807) is 6.07 Å². The summed E-state index contributed by atoms with van der Waals surface area (Å²) in [5, 5.41) is 3.18. The smallest absolute Gasteiger partial charge is 0.241 e. The van der Waals surface area contributed by atoms with Crippen LogP contribution in [0.1, 0.15) is 12.8 Å². The normalized spacial score (nSPS) is 19.6. The lowest BCUT2D eigenvalue weighted by molar-refractivity contribution is 0.353. The van der Waals surface area contributed by atoms with E-state index in [4.69, 9.17) is 9.47 Å². The summed E-state index contributed by atoms with van der Waals surface area (Å²) in [4.78, 5) is 0.181. The first-order valence-electron chi connectivity index (χ1n) is 6.52. The highest BCUT2D eigenvalue weighted by atomic mass is 32.2. The minimum atomic E-state index is -3.54. The SMILES string of the molecule is COc1ccc(S(=O)(=O)N[C@@H]2CCCNC2)cc1OC. The second-order valence-corrected chi connectivity index (χ2v) is 6.40. The fourth-order valence-corrected chi connectivity index (χ4v) is 3.51. The summed E-state index contributed by atoms with van der Waals surface area (Å²) in [5.74, 6) is 0.905. The molecule has 7 heteroatoms. The van der Waals surface area contributed by atoms with Crippen molar-refractivity contribution in [3.8, 4) is 11.5 Å². The first-order valence-corrected chi connectivity index (χ1v) is 8.00. The van der Waals surface area contributed by atoms with E-state index in [9.17, 15) is 8.42 Å². The van der Waals surface area contributed by atoms with E-state index >= 15 is 0 Å². The number of sulfonamides is 1. The lowest BCUT2D eigenvalue weighted by atomic mass is 10.1. The zero-order valence-electron chi connectivity index (χ0n) is 11.7. The van der Waals surface area contributed by atoms with E-state index in [1.807, 2.05) is 0 Å². The molecule has 0 bridgehead atoms. The summed E-state index contributed by atoms with van der Waals surface area (Å²) in [7, 11) is -0.552. The molecule has 112 valence electrons. The van der Waals surface area contributed by atoms with Crippen molar-refractivity contribution in [2.45, 2.75) is 23.8 Å². The van der Waals surface area contributed by atoms with E-state index < -0.39 is 10.0 Å². The van der Waals surface area contributed by atoms with Crippen LogP contribution >= 0.6 is 0 Å². The van der Waals surface area contributed by atoms with Gasteiger partial charge in [0.2, 0.25) is 10.0 Å². The third kappa shape index (κ3) is 3.41. The molecule has 1 aliphatic rings. The van der Waals surface area contributed by atoms with Gasteiger partial charge in [0.15, 0.2) is 11.5 Å². The van der Waals surface area contributed by atoms with Crippen LogP contribution in [0.25, 0.3) is 0 Å². The molecule has 1 aromatic carbocycles. The van der Waals surface area contributed by atoms with Crippen LogP contribution in [0.2, 0.25) is 0 Å². The summed E-state index contributed by atoms with van der Waals surface area (Å²) >= 11 is 0. The van der Waals surface area contributed by atoms with E-state index in [2.05, 4.69) is 10.0 Å². The van der Waals surface area contributed by atoms with Gasteiger partial charge in [-0.1, -0.05) is 0 Å². The molecule has 0 aliphatic carbocycles. The molecule has 0 unspecified atom stereocenters. The first kappa shape index (κ1) is 15.1. The maximum absolute atomic E-state index is 12.3. The van der Waals surface area contributed by atoms with Gasteiger partial charge in [0, 0.05) is 18.7 Å². The number of hydrogen-bond donors (Lipinski definition) is 2. The van der Waals surface area contributed by atoms with Crippen molar-refractivity contribution in [1.82, 2.24) is 10.0 Å². The molecule has 6 nitrogen and oxygen atoms in total. The largest absolute Gasteiger partial charge is 0.493 e. The molecule has 1 fully saturated rings. The second kappa shape index (κ2) is 6.43. The third-order valence-corrected chi connectivity index (χ3v) is 4.80. The maximum atomic E-state index is 12.3. The van der Waals surface area contributed by atoms with Gasteiger partial charge in [0.05, 0.1) is 19.1 Å².